The van der Waals surface area contributed by atoms with Crippen LogP contribution in [0.5, 0.6) is 5.75 Å². The minimum Gasteiger partial charge on any atom is -0.493 e. The number of rotatable bonds is 2. The first-order chi connectivity index (χ1) is 11.7. The Morgan fingerprint density at radius 1 is 1.16 bits per heavy atom. The molecule has 0 bridgehead atoms. The Morgan fingerprint density at radius 2 is 1.84 bits per heavy atom. The Kier molecular flexibility index (Phi) is 4.10. The van der Waals surface area contributed by atoms with Gasteiger partial charge in [0.15, 0.2) is 11.6 Å². The molecule has 1 aliphatic rings. The monoisotopic (exact) mass is 351 g/mol. The molecular formula is C18H16F3NO3. The lowest BCUT2D eigenvalue weighted by molar-refractivity contribution is 0.0996. The maximum absolute atomic E-state index is 14.0. The van der Waals surface area contributed by atoms with Gasteiger partial charge >= 0.3 is 6.09 Å². The van der Waals surface area contributed by atoms with Crippen molar-refractivity contribution < 1.29 is 27.8 Å². The molecule has 3 rings (SSSR count). The lowest BCUT2D eigenvalue weighted by Crippen LogP contribution is -2.43. The van der Waals surface area contributed by atoms with Gasteiger partial charge in [-0.25, -0.2) is 18.0 Å². The summed E-state index contributed by atoms with van der Waals surface area (Å²) in [7, 11) is 0. The molecule has 1 atom stereocenters. The Labute approximate surface area is 142 Å². The summed E-state index contributed by atoms with van der Waals surface area (Å²) in [5, 5.41) is 11.5. The normalized spacial score (nSPS) is 18.2. The summed E-state index contributed by atoms with van der Waals surface area (Å²) in [5.41, 5.74) is 0.326. The highest BCUT2D eigenvalue weighted by molar-refractivity contribution is 5.69. The van der Waals surface area contributed by atoms with Gasteiger partial charge in [0.25, 0.3) is 0 Å². The number of carbonyl (C=O) groups is 1. The summed E-state index contributed by atoms with van der Waals surface area (Å²) in [6.45, 7) is 3.97. The molecule has 1 heterocycles. The van der Waals surface area contributed by atoms with Crippen molar-refractivity contribution >= 4 is 6.09 Å². The van der Waals surface area contributed by atoms with Crippen LogP contribution in [-0.4, -0.2) is 17.8 Å². The van der Waals surface area contributed by atoms with Gasteiger partial charge in [0.2, 0.25) is 0 Å². The van der Waals surface area contributed by atoms with Crippen LogP contribution >= 0.6 is 0 Å². The van der Waals surface area contributed by atoms with Crippen LogP contribution in [0.15, 0.2) is 30.3 Å². The van der Waals surface area contributed by atoms with E-state index in [1.165, 1.54) is 12.1 Å². The molecule has 0 aromatic heterocycles. The molecule has 2 aromatic rings. The van der Waals surface area contributed by atoms with E-state index in [0.29, 0.717) is 22.9 Å². The Hall–Kier alpha value is -2.70. The zero-order chi connectivity index (χ0) is 18.4. The second kappa shape index (κ2) is 5.98. The Balaban J connectivity index is 2.06. The zero-order valence-electron chi connectivity index (χ0n) is 13.6. The van der Waals surface area contributed by atoms with Crippen LogP contribution < -0.4 is 10.1 Å². The van der Waals surface area contributed by atoms with Crippen LogP contribution in [-0.2, 0) is 0 Å². The first-order valence-electron chi connectivity index (χ1n) is 7.60. The molecule has 0 saturated carbocycles. The minimum absolute atomic E-state index is 0.0992. The van der Waals surface area contributed by atoms with E-state index in [1.54, 1.807) is 6.07 Å². The molecule has 0 radical (unpaired) electrons. The summed E-state index contributed by atoms with van der Waals surface area (Å²) >= 11 is 0. The predicted molar refractivity (Wildman–Crippen MR) is 84.9 cm³/mol. The highest BCUT2D eigenvalue weighted by Gasteiger charge is 2.38. The fraction of sp³-hybridized carbons (Fsp3) is 0.278. The first kappa shape index (κ1) is 17.1. The second-order valence-electron chi connectivity index (χ2n) is 6.66. The third-order valence-electron chi connectivity index (χ3n) is 4.29. The molecule has 7 heteroatoms. The van der Waals surface area contributed by atoms with Crippen molar-refractivity contribution in [1.82, 2.24) is 5.32 Å². The van der Waals surface area contributed by atoms with Gasteiger partial charge in [-0.2, -0.15) is 0 Å². The Bertz CT molecular complexity index is 852. The summed E-state index contributed by atoms with van der Waals surface area (Å²) in [6, 6.07) is 5.38. The molecule has 2 N–H and O–H groups in total. The van der Waals surface area contributed by atoms with E-state index >= 15 is 0 Å². The molecule has 25 heavy (non-hydrogen) atoms. The zero-order valence-corrected chi connectivity index (χ0v) is 13.6. The maximum Gasteiger partial charge on any atom is 0.405 e. The van der Waals surface area contributed by atoms with E-state index in [-0.39, 0.29) is 12.2 Å². The van der Waals surface area contributed by atoms with Crippen LogP contribution in [0.25, 0.3) is 11.1 Å². The SMILES string of the molecule is CC1(C)COc2cc(-c3cc(F)c(F)cc3F)ccc2C1NC(=O)O. The number of ether oxygens (including phenoxy) is 1. The molecule has 1 unspecified atom stereocenters. The van der Waals surface area contributed by atoms with Crippen molar-refractivity contribution in [3.63, 3.8) is 0 Å². The van der Waals surface area contributed by atoms with Gasteiger partial charge in [-0.15, -0.1) is 0 Å². The lowest BCUT2D eigenvalue weighted by Gasteiger charge is -2.39. The summed E-state index contributed by atoms with van der Waals surface area (Å²) in [5.74, 6) is -2.93. The maximum atomic E-state index is 14.0. The summed E-state index contributed by atoms with van der Waals surface area (Å²) in [4.78, 5) is 11.1. The third-order valence-corrected chi connectivity index (χ3v) is 4.29. The second-order valence-corrected chi connectivity index (χ2v) is 6.66. The van der Waals surface area contributed by atoms with Gasteiger partial charge < -0.3 is 15.2 Å². The molecule has 132 valence electrons. The fourth-order valence-electron chi connectivity index (χ4n) is 2.97. The number of amides is 1. The number of carboxylic acid groups (broad SMARTS) is 1. The highest BCUT2D eigenvalue weighted by Crippen LogP contribution is 2.44. The number of fused-ring (bicyclic) bond motifs is 1. The molecule has 1 aliphatic heterocycles. The van der Waals surface area contributed by atoms with Gasteiger partial charge in [0, 0.05) is 22.6 Å². The first-order valence-corrected chi connectivity index (χ1v) is 7.60. The van der Waals surface area contributed by atoms with E-state index in [2.05, 4.69) is 5.32 Å². The van der Waals surface area contributed by atoms with Crippen molar-refractivity contribution in [3.8, 4) is 16.9 Å². The molecule has 2 aromatic carbocycles. The molecular weight excluding hydrogens is 335 g/mol. The van der Waals surface area contributed by atoms with Crippen molar-refractivity contribution in [2.24, 2.45) is 5.41 Å². The van der Waals surface area contributed by atoms with E-state index in [9.17, 15) is 18.0 Å². The smallest absolute Gasteiger partial charge is 0.405 e. The standard InChI is InChI=1S/C18H16F3NO3/c1-18(2)8-25-15-5-9(3-4-10(15)16(18)22-17(23)24)11-6-13(20)14(21)7-12(11)19/h3-7,16,22H,8H2,1-2H3,(H,23,24). The van der Waals surface area contributed by atoms with Gasteiger partial charge in [-0.1, -0.05) is 26.0 Å². The predicted octanol–water partition coefficient (Wildman–Crippen LogP) is 4.50. The fourth-order valence-corrected chi connectivity index (χ4v) is 2.97. The van der Waals surface area contributed by atoms with Gasteiger partial charge in [0.1, 0.15) is 11.6 Å². The number of hydrogen-bond acceptors (Lipinski definition) is 2. The van der Waals surface area contributed by atoms with Crippen LogP contribution in [0.4, 0.5) is 18.0 Å². The van der Waals surface area contributed by atoms with Gasteiger partial charge in [-0.3, -0.25) is 0 Å². The van der Waals surface area contributed by atoms with E-state index in [0.717, 1.165) is 6.07 Å². The van der Waals surface area contributed by atoms with Crippen LogP contribution in [0.1, 0.15) is 25.5 Å². The van der Waals surface area contributed by atoms with E-state index in [1.807, 2.05) is 13.8 Å². The highest BCUT2D eigenvalue weighted by atomic mass is 19.2. The van der Waals surface area contributed by atoms with Crippen molar-refractivity contribution in [2.45, 2.75) is 19.9 Å². The number of halogens is 3. The Morgan fingerprint density at radius 3 is 2.52 bits per heavy atom. The van der Waals surface area contributed by atoms with Crippen LogP contribution in [0.2, 0.25) is 0 Å². The quantitative estimate of drug-likeness (QED) is 0.784. The van der Waals surface area contributed by atoms with Crippen molar-refractivity contribution in [3.05, 3.63) is 53.3 Å². The molecule has 4 nitrogen and oxygen atoms in total. The molecule has 0 aliphatic carbocycles. The van der Waals surface area contributed by atoms with Crippen molar-refractivity contribution in [2.75, 3.05) is 6.61 Å². The summed E-state index contributed by atoms with van der Waals surface area (Å²) < 4.78 is 46.2. The topological polar surface area (TPSA) is 58.6 Å². The molecule has 1 amide bonds. The largest absolute Gasteiger partial charge is 0.493 e. The lowest BCUT2D eigenvalue weighted by atomic mass is 9.78. The number of benzene rings is 2. The summed E-state index contributed by atoms with van der Waals surface area (Å²) in [6.07, 6.45) is -1.17. The van der Waals surface area contributed by atoms with Crippen LogP contribution in [0, 0.1) is 22.9 Å². The molecule has 0 fully saturated rings. The number of nitrogens with one attached hydrogen (secondary N) is 1. The van der Waals surface area contributed by atoms with Crippen molar-refractivity contribution in [1.29, 1.82) is 0 Å². The third kappa shape index (κ3) is 3.14. The van der Waals surface area contributed by atoms with Crippen LogP contribution in [0.3, 0.4) is 0 Å². The molecule has 0 saturated heterocycles. The van der Waals surface area contributed by atoms with Gasteiger partial charge in [0.05, 0.1) is 12.6 Å². The van der Waals surface area contributed by atoms with E-state index in [4.69, 9.17) is 9.84 Å². The average Bonchev–Trinajstić information content (AvgIpc) is 2.53. The van der Waals surface area contributed by atoms with E-state index < -0.39 is 35.0 Å². The number of hydrogen-bond donors (Lipinski definition) is 2. The average molecular weight is 351 g/mol. The minimum atomic E-state index is -1.26. The molecule has 0 spiro atoms. The van der Waals surface area contributed by atoms with Gasteiger partial charge in [-0.05, 0) is 17.7 Å².